The quantitative estimate of drug-likeness (QED) is 0.879. The van der Waals surface area contributed by atoms with Crippen LogP contribution in [0.1, 0.15) is 37.1 Å². The second-order valence-corrected chi connectivity index (χ2v) is 7.23. The number of rotatable bonds is 5. The van der Waals surface area contributed by atoms with Crippen LogP contribution in [-0.4, -0.2) is 46.8 Å². The zero-order chi connectivity index (χ0) is 14.9. The fraction of sp³-hybridized carbons (Fsp3) is 0.769. The highest BCUT2D eigenvalue weighted by atomic mass is 32.2. The second kappa shape index (κ2) is 5.83. The summed E-state index contributed by atoms with van der Waals surface area (Å²) in [6.45, 7) is 4.19. The number of aryl methyl sites for hydroxylation is 2. The first-order chi connectivity index (χ1) is 9.39. The highest BCUT2D eigenvalue weighted by Gasteiger charge is 2.37. The molecule has 2 rings (SSSR count). The van der Waals surface area contributed by atoms with E-state index in [1.165, 1.54) is 0 Å². The number of nitrogens with zero attached hydrogens (tertiary/aromatic N) is 3. The molecule has 1 unspecified atom stereocenters. The van der Waals surface area contributed by atoms with Gasteiger partial charge in [0.1, 0.15) is 4.90 Å². The third-order valence-corrected chi connectivity index (χ3v) is 6.23. The maximum atomic E-state index is 12.9. The van der Waals surface area contributed by atoms with Gasteiger partial charge in [-0.25, -0.2) is 8.42 Å². The van der Waals surface area contributed by atoms with Gasteiger partial charge in [0.25, 0.3) is 0 Å². The van der Waals surface area contributed by atoms with E-state index >= 15 is 0 Å². The first-order valence-electron chi connectivity index (χ1n) is 7.02. The molecule has 20 heavy (non-hydrogen) atoms. The van der Waals surface area contributed by atoms with Crippen LogP contribution in [0.4, 0.5) is 0 Å². The van der Waals surface area contributed by atoms with Crippen molar-refractivity contribution in [3.63, 3.8) is 0 Å². The largest absolute Gasteiger partial charge is 0.396 e. The van der Waals surface area contributed by atoms with Crippen LogP contribution in [0.15, 0.2) is 4.90 Å². The molecule has 0 saturated carbocycles. The molecule has 1 aliphatic rings. The molecule has 0 amide bonds. The number of sulfonamides is 1. The van der Waals surface area contributed by atoms with Gasteiger partial charge >= 0.3 is 0 Å². The molecule has 114 valence electrons. The molecule has 7 heteroatoms. The summed E-state index contributed by atoms with van der Waals surface area (Å²) in [4.78, 5) is 0.343. The summed E-state index contributed by atoms with van der Waals surface area (Å²) in [7, 11) is -1.73. The van der Waals surface area contributed by atoms with Crippen molar-refractivity contribution in [1.82, 2.24) is 14.1 Å². The van der Waals surface area contributed by atoms with Crippen molar-refractivity contribution in [3.8, 4) is 0 Å². The molecule has 0 radical (unpaired) electrons. The summed E-state index contributed by atoms with van der Waals surface area (Å²) >= 11 is 0. The van der Waals surface area contributed by atoms with Gasteiger partial charge in [-0.2, -0.15) is 9.40 Å². The average Bonchev–Trinajstić information content (AvgIpc) is 2.93. The van der Waals surface area contributed by atoms with Gasteiger partial charge in [0.15, 0.2) is 0 Å². The zero-order valence-corrected chi connectivity index (χ0v) is 13.2. The van der Waals surface area contributed by atoms with Gasteiger partial charge in [0.05, 0.1) is 11.4 Å². The van der Waals surface area contributed by atoms with Crippen molar-refractivity contribution >= 4 is 10.0 Å². The van der Waals surface area contributed by atoms with E-state index < -0.39 is 10.0 Å². The molecular formula is C13H23N3O3S. The second-order valence-electron chi connectivity index (χ2n) is 5.40. The lowest BCUT2D eigenvalue weighted by Crippen LogP contribution is -2.36. The maximum Gasteiger partial charge on any atom is 0.246 e. The van der Waals surface area contributed by atoms with Crippen molar-refractivity contribution in [2.75, 3.05) is 13.2 Å². The molecule has 0 aliphatic carbocycles. The summed E-state index contributed by atoms with van der Waals surface area (Å²) in [6, 6.07) is 0.00570. The predicted octanol–water partition coefficient (Wildman–Crippen LogP) is 0.963. The molecule has 1 atom stereocenters. The van der Waals surface area contributed by atoms with E-state index in [0.717, 1.165) is 12.8 Å². The first kappa shape index (κ1) is 15.5. The lowest BCUT2D eigenvalue weighted by molar-refractivity contribution is 0.264. The monoisotopic (exact) mass is 301 g/mol. The predicted molar refractivity (Wildman–Crippen MR) is 75.9 cm³/mol. The Balaban J connectivity index is 2.34. The summed E-state index contributed by atoms with van der Waals surface area (Å²) < 4.78 is 29.0. The van der Waals surface area contributed by atoms with E-state index in [-0.39, 0.29) is 12.6 Å². The van der Waals surface area contributed by atoms with Gasteiger partial charge in [-0.3, -0.25) is 4.68 Å². The van der Waals surface area contributed by atoms with Crippen molar-refractivity contribution in [2.45, 2.75) is 50.5 Å². The molecule has 1 N–H and O–H groups in total. The third-order valence-electron chi connectivity index (χ3n) is 4.03. The third kappa shape index (κ3) is 2.62. The zero-order valence-electron chi connectivity index (χ0n) is 12.3. The minimum atomic E-state index is -3.49. The highest BCUT2D eigenvalue weighted by molar-refractivity contribution is 7.89. The maximum absolute atomic E-state index is 12.9. The molecular weight excluding hydrogens is 278 g/mol. The van der Waals surface area contributed by atoms with Crippen LogP contribution in [0.5, 0.6) is 0 Å². The van der Waals surface area contributed by atoms with Crippen molar-refractivity contribution in [2.24, 2.45) is 7.05 Å². The summed E-state index contributed by atoms with van der Waals surface area (Å²) in [5.74, 6) is 0. The van der Waals surface area contributed by atoms with Crippen LogP contribution in [0.25, 0.3) is 0 Å². The van der Waals surface area contributed by atoms with Crippen LogP contribution < -0.4 is 0 Å². The summed E-state index contributed by atoms with van der Waals surface area (Å²) in [5, 5.41) is 13.1. The van der Waals surface area contributed by atoms with E-state index in [9.17, 15) is 8.42 Å². The Morgan fingerprint density at radius 1 is 1.40 bits per heavy atom. The SMILES string of the molecule is Cc1nn(C)c(C)c1S(=O)(=O)N1CCCC1CCCO. The number of hydrogen-bond donors (Lipinski definition) is 1. The average molecular weight is 301 g/mol. The van der Waals surface area contributed by atoms with E-state index in [1.807, 2.05) is 0 Å². The minimum Gasteiger partial charge on any atom is -0.396 e. The molecule has 0 bridgehead atoms. The van der Waals surface area contributed by atoms with Gasteiger partial charge < -0.3 is 5.11 Å². The van der Waals surface area contributed by atoms with Crippen molar-refractivity contribution < 1.29 is 13.5 Å². The topological polar surface area (TPSA) is 75.4 Å². The van der Waals surface area contributed by atoms with Gasteiger partial charge in [-0.1, -0.05) is 0 Å². The standard InChI is InChI=1S/C13H23N3O3S/c1-10-13(11(2)15(3)14-10)20(18,19)16-8-4-6-12(16)7-5-9-17/h12,17H,4-9H2,1-3H3. The smallest absolute Gasteiger partial charge is 0.246 e. The molecule has 1 saturated heterocycles. The lowest BCUT2D eigenvalue weighted by Gasteiger charge is -2.24. The Labute approximate surface area is 120 Å². The van der Waals surface area contributed by atoms with Gasteiger partial charge in [0, 0.05) is 26.2 Å². The van der Waals surface area contributed by atoms with E-state index in [0.29, 0.717) is 35.7 Å². The normalized spacial score (nSPS) is 20.7. The summed E-state index contributed by atoms with van der Waals surface area (Å²) in [6.07, 6.45) is 3.11. The van der Waals surface area contributed by atoms with Gasteiger partial charge in [-0.05, 0) is 39.5 Å². The van der Waals surface area contributed by atoms with Gasteiger partial charge in [0.2, 0.25) is 10.0 Å². The Morgan fingerprint density at radius 2 is 2.10 bits per heavy atom. The number of aromatic nitrogens is 2. The molecule has 0 aromatic carbocycles. The molecule has 6 nitrogen and oxygen atoms in total. The molecule has 1 aromatic heterocycles. The minimum absolute atomic E-state index is 0.00570. The number of aliphatic hydroxyl groups excluding tert-OH is 1. The summed E-state index contributed by atoms with van der Waals surface area (Å²) in [5.41, 5.74) is 1.23. The first-order valence-corrected chi connectivity index (χ1v) is 8.46. The number of hydrogen-bond acceptors (Lipinski definition) is 4. The molecule has 1 aromatic rings. The fourth-order valence-corrected chi connectivity index (χ4v) is 5.11. The highest BCUT2D eigenvalue weighted by Crippen LogP contribution is 2.31. The fourth-order valence-electron chi connectivity index (χ4n) is 2.99. The van der Waals surface area contributed by atoms with Crippen LogP contribution >= 0.6 is 0 Å². The number of aliphatic hydroxyl groups is 1. The molecule has 0 spiro atoms. The molecule has 1 fully saturated rings. The lowest BCUT2D eigenvalue weighted by atomic mass is 10.1. The Hall–Kier alpha value is -0.920. The van der Waals surface area contributed by atoms with E-state index in [2.05, 4.69) is 5.10 Å². The van der Waals surface area contributed by atoms with Crippen LogP contribution in [0, 0.1) is 13.8 Å². The van der Waals surface area contributed by atoms with Crippen molar-refractivity contribution in [3.05, 3.63) is 11.4 Å². The Bertz CT molecular complexity index is 580. The van der Waals surface area contributed by atoms with Gasteiger partial charge in [-0.15, -0.1) is 0 Å². The Kier molecular flexibility index (Phi) is 4.51. The van der Waals surface area contributed by atoms with Crippen LogP contribution in [0.3, 0.4) is 0 Å². The molecule has 1 aliphatic heterocycles. The van der Waals surface area contributed by atoms with Crippen LogP contribution in [-0.2, 0) is 17.1 Å². The van der Waals surface area contributed by atoms with E-state index in [1.54, 1.807) is 29.9 Å². The molecule has 2 heterocycles. The van der Waals surface area contributed by atoms with Crippen LogP contribution in [0.2, 0.25) is 0 Å². The Morgan fingerprint density at radius 3 is 2.65 bits per heavy atom. The van der Waals surface area contributed by atoms with E-state index in [4.69, 9.17) is 5.11 Å². The van der Waals surface area contributed by atoms with Crippen molar-refractivity contribution in [1.29, 1.82) is 0 Å².